The van der Waals surface area contributed by atoms with Gasteiger partial charge < -0.3 is 0 Å². The van der Waals surface area contributed by atoms with Gasteiger partial charge >= 0.3 is 0 Å². The second-order valence-corrected chi connectivity index (χ2v) is 4.67. The molecule has 0 amide bonds. The molecule has 0 aromatic carbocycles. The van der Waals surface area contributed by atoms with Gasteiger partial charge in [0.25, 0.3) is 0 Å². The maximum atomic E-state index is 10.9. The van der Waals surface area contributed by atoms with Crippen molar-refractivity contribution in [3.8, 4) is 0 Å². The number of aromatic nitrogens is 1. The smallest absolute Gasteiger partial charge is 0.209 e. The van der Waals surface area contributed by atoms with Gasteiger partial charge in [0.15, 0.2) is 0 Å². The van der Waals surface area contributed by atoms with E-state index in [0.717, 1.165) is 11.8 Å². The van der Waals surface area contributed by atoms with E-state index in [-0.39, 0.29) is 6.04 Å². The normalized spacial score (nSPS) is 14.0. The monoisotopic (exact) mass is 200 g/mol. The Morgan fingerprint density at radius 3 is 2.38 bits per heavy atom. The lowest BCUT2D eigenvalue weighted by Crippen LogP contribution is -2.25. The van der Waals surface area contributed by atoms with Gasteiger partial charge in [0.2, 0.25) is 10.0 Å². The highest BCUT2D eigenvalue weighted by Crippen LogP contribution is 2.10. The first-order valence-corrected chi connectivity index (χ1v) is 5.75. The number of sulfonamides is 1. The van der Waals surface area contributed by atoms with Crippen LogP contribution in [-0.2, 0) is 10.0 Å². The van der Waals surface area contributed by atoms with Gasteiger partial charge in [-0.1, -0.05) is 0 Å². The number of pyridine rings is 1. The molecule has 0 fully saturated rings. The Morgan fingerprint density at radius 2 is 1.92 bits per heavy atom. The lowest BCUT2D eigenvalue weighted by molar-refractivity contribution is 0.573. The molecule has 0 spiro atoms. The second-order valence-electron chi connectivity index (χ2n) is 2.89. The first-order chi connectivity index (χ1) is 5.99. The molecule has 5 heteroatoms. The predicted octanol–water partition coefficient (Wildman–Crippen LogP) is 0.692. The van der Waals surface area contributed by atoms with Gasteiger partial charge in [-0.15, -0.1) is 0 Å². The fourth-order valence-corrected chi connectivity index (χ4v) is 1.82. The van der Waals surface area contributed by atoms with E-state index in [0.29, 0.717) is 0 Å². The van der Waals surface area contributed by atoms with Crippen LogP contribution in [0.25, 0.3) is 0 Å². The number of nitrogens with zero attached hydrogens (tertiary/aromatic N) is 1. The highest BCUT2D eigenvalue weighted by molar-refractivity contribution is 7.88. The molecule has 0 aliphatic heterocycles. The van der Waals surface area contributed by atoms with E-state index in [1.165, 1.54) is 0 Å². The molecule has 0 saturated carbocycles. The second kappa shape index (κ2) is 3.85. The summed E-state index contributed by atoms with van der Waals surface area (Å²) >= 11 is 0. The van der Waals surface area contributed by atoms with Crippen LogP contribution in [0.3, 0.4) is 0 Å². The maximum absolute atomic E-state index is 10.9. The molecule has 1 atom stereocenters. The van der Waals surface area contributed by atoms with Crippen LogP contribution in [0, 0.1) is 0 Å². The van der Waals surface area contributed by atoms with Crippen molar-refractivity contribution in [1.82, 2.24) is 9.71 Å². The molecule has 4 nitrogen and oxygen atoms in total. The summed E-state index contributed by atoms with van der Waals surface area (Å²) in [4.78, 5) is 3.85. The number of rotatable bonds is 3. The van der Waals surface area contributed by atoms with Gasteiger partial charge in [0.05, 0.1) is 6.26 Å². The topological polar surface area (TPSA) is 59.1 Å². The first-order valence-electron chi connectivity index (χ1n) is 3.86. The molecular formula is C8H12N2O2S. The van der Waals surface area contributed by atoms with Crippen LogP contribution >= 0.6 is 0 Å². The van der Waals surface area contributed by atoms with Crippen LogP contribution in [0.15, 0.2) is 24.5 Å². The molecule has 1 aromatic rings. The quantitative estimate of drug-likeness (QED) is 0.781. The van der Waals surface area contributed by atoms with E-state index in [2.05, 4.69) is 9.71 Å². The molecule has 0 radical (unpaired) electrons. The van der Waals surface area contributed by atoms with Gasteiger partial charge in [-0.05, 0) is 24.6 Å². The zero-order valence-electron chi connectivity index (χ0n) is 7.56. The van der Waals surface area contributed by atoms with Gasteiger partial charge in [-0.25, -0.2) is 13.1 Å². The average Bonchev–Trinajstić information content (AvgIpc) is 2.03. The van der Waals surface area contributed by atoms with Gasteiger partial charge in [0.1, 0.15) is 0 Å². The van der Waals surface area contributed by atoms with Crippen molar-refractivity contribution >= 4 is 10.0 Å². The molecule has 1 heterocycles. The number of hydrogen-bond acceptors (Lipinski definition) is 3. The van der Waals surface area contributed by atoms with E-state index < -0.39 is 10.0 Å². The fourth-order valence-electron chi connectivity index (χ4n) is 1.04. The fraction of sp³-hybridized carbons (Fsp3) is 0.375. The number of hydrogen-bond donors (Lipinski definition) is 1. The lowest BCUT2D eigenvalue weighted by atomic mass is 10.1. The van der Waals surface area contributed by atoms with Crippen LogP contribution < -0.4 is 4.72 Å². The molecule has 1 unspecified atom stereocenters. The first kappa shape index (κ1) is 10.1. The summed E-state index contributed by atoms with van der Waals surface area (Å²) < 4.78 is 24.3. The van der Waals surface area contributed by atoms with Gasteiger partial charge in [-0.3, -0.25) is 4.98 Å². The third-order valence-electron chi connectivity index (χ3n) is 1.60. The standard InChI is InChI=1S/C8H12N2O2S/c1-7(10-13(2,11)12)8-3-5-9-6-4-8/h3-7,10H,1-2H3. The Hall–Kier alpha value is -0.940. The minimum Gasteiger partial charge on any atom is -0.265 e. The third kappa shape index (κ3) is 3.52. The Labute approximate surface area is 78.1 Å². The summed E-state index contributed by atoms with van der Waals surface area (Å²) in [6.07, 6.45) is 4.41. The number of nitrogens with one attached hydrogen (secondary N) is 1. The molecule has 0 aliphatic rings. The predicted molar refractivity (Wildman–Crippen MR) is 50.6 cm³/mol. The molecule has 1 aromatic heterocycles. The van der Waals surface area contributed by atoms with Crippen LogP contribution in [0.2, 0.25) is 0 Å². The van der Waals surface area contributed by atoms with E-state index in [1.807, 2.05) is 0 Å². The van der Waals surface area contributed by atoms with Gasteiger partial charge in [-0.2, -0.15) is 0 Å². The zero-order valence-corrected chi connectivity index (χ0v) is 8.38. The summed E-state index contributed by atoms with van der Waals surface area (Å²) in [7, 11) is -3.14. The molecule has 1 N–H and O–H groups in total. The maximum Gasteiger partial charge on any atom is 0.209 e. The van der Waals surface area contributed by atoms with Crippen LogP contribution in [-0.4, -0.2) is 19.7 Å². The molecule has 72 valence electrons. The van der Waals surface area contributed by atoms with Crippen molar-refractivity contribution in [2.24, 2.45) is 0 Å². The van der Waals surface area contributed by atoms with E-state index in [1.54, 1.807) is 31.5 Å². The largest absolute Gasteiger partial charge is 0.265 e. The Bertz CT molecular complexity index is 361. The lowest BCUT2D eigenvalue weighted by Gasteiger charge is -2.11. The van der Waals surface area contributed by atoms with Crippen LogP contribution in [0.4, 0.5) is 0 Å². The minimum atomic E-state index is -3.14. The Balaban J connectivity index is 2.76. The Kier molecular flexibility index (Phi) is 3.00. The summed E-state index contributed by atoms with van der Waals surface area (Å²) in [5, 5.41) is 0. The van der Waals surface area contributed by atoms with Crippen molar-refractivity contribution in [1.29, 1.82) is 0 Å². The van der Waals surface area contributed by atoms with Gasteiger partial charge in [0, 0.05) is 18.4 Å². The highest BCUT2D eigenvalue weighted by atomic mass is 32.2. The SMILES string of the molecule is CC(NS(C)(=O)=O)c1ccncc1. The zero-order chi connectivity index (χ0) is 9.90. The van der Waals surface area contributed by atoms with Crippen molar-refractivity contribution in [3.05, 3.63) is 30.1 Å². The average molecular weight is 200 g/mol. The summed E-state index contributed by atoms with van der Waals surface area (Å²) in [5.74, 6) is 0. The van der Waals surface area contributed by atoms with E-state index in [9.17, 15) is 8.42 Å². The van der Waals surface area contributed by atoms with Crippen molar-refractivity contribution in [3.63, 3.8) is 0 Å². The Morgan fingerprint density at radius 1 is 1.38 bits per heavy atom. The van der Waals surface area contributed by atoms with Crippen LogP contribution in [0.1, 0.15) is 18.5 Å². The van der Waals surface area contributed by atoms with E-state index in [4.69, 9.17) is 0 Å². The summed E-state index contributed by atoms with van der Waals surface area (Å²) in [6, 6.07) is 3.35. The molecular weight excluding hydrogens is 188 g/mol. The summed E-state index contributed by atoms with van der Waals surface area (Å²) in [6.45, 7) is 1.79. The molecule has 0 aliphatic carbocycles. The third-order valence-corrected chi connectivity index (χ3v) is 2.38. The molecule has 1 rings (SSSR count). The minimum absolute atomic E-state index is 0.210. The molecule has 13 heavy (non-hydrogen) atoms. The van der Waals surface area contributed by atoms with E-state index >= 15 is 0 Å². The van der Waals surface area contributed by atoms with Crippen molar-refractivity contribution in [2.45, 2.75) is 13.0 Å². The molecule has 0 saturated heterocycles. The van der Waals surface area contributed by atoms with Crippen molar-refractivity contribution in [2.75, 3.05) is 6.26 Å². The summed E-state index contributed by atoms with van der Waals surface area (Å²) in [5.41, 5.74) is 0.903. The molecule has 0 bridgehead atoms. The van der Waals surface area contributed by atoms with Crippen molar-refractivity contribution < 1.29 is 8.42 Å². The highest BCUT2D eigenvalue weighted by Gasteiger charge is 2.09. The van der Waals surface area contributed by atoms with Crippen LogP contribution in [0.5, 0.6) is 0 Å².